The highest BCUT2D eigenvalue weighted by Crippen LogP contribution is 2.28. The number of halogens is 2. The first-order chi connectivity index (χ1) is 33.0. The number of hydrogen-bond acceptors (Lipinski definition) is 12. The third kappa shape index (κ3) is 18.6. The van der Waals surface area contributed by atoms with E-state index in [4.69, 9.17) is 31.7 Å². The van der Waals surface area contributed by atoms with Crippen LogP contribution in [0, 0.1) is 0 Å². The van der Waals surface area contributed by atoms with Gasteiger partial charge in [0.1, 0.15) is 29.6 Å². The topological polar surface area (TPSA) is 214 Å². The van der Waals surface area contributed by atoms with Crippen molar-refractivity contribution in [1.82, 2.24) is 15.1 Å². The number of phenols is 3. The Bertz CT molecular complexity index is 2280. The van der Waals surface area contributed by atoms with E-state index in [0.29, 0.717) is 60.8 Å². The first-order valence-electron chi connectivity index (χ1n) is 22.8. The molecule has 2 amide bonds. The van der Waals surface area contributed by atoms with Crippen molar-refractivity contribution < 1.29 is 54.2 Å². The lowest BCUT2D eigenvalue weighted by atomic mass is 10.0. The normalized spacial score (nSPS) is 17.1. The molecule has 0 unspecified atom stereocenters. The Kier molecular flexibility index (Phi) is 26.2. The summed E-state index contributed by atoms with van der Waals surface area (Å²) in [7, 11) is 0. The number of nitrogens with one attached hydrogen (secondary N) is 1. The summed E-state index contributed by atoms with van der Waals surface area (Å²) in [5.74, 6) is -0.120. The molecule has 5 aromatic rings. The first-order valence-corrected chi connectivity index (χ1v) is 23.2. The second-order valence-electron chi connectivity index (χ2n) is 16.1. The number of aldehydes is 2. The standard InChI is InChI=1S/C20H21NO4.C13H17NO2.C7H5ClO.C7H6O3.C6H13NO.ClH/c22-13-17-18(23)10-6-11-19(17)25-14-16-9-4-5-12-21(16)20(24)15-7-2-1-3-8-15;15-10-12-8-4-5-9-14(12)13(16)11-6-2-1-3-7-11;8-7(9)6-4-2-1-3-5-6;8-4-5-6(9)2-1-3-7(5)10;8-5-6-3-1-2-4-7-6;/h1-3,6-8,10-11,13,16,23H,4-5,9,12,14H2;1-3,6-7,12,15H,4-5,8-10H2;1-5H;1-4,9-10H;6-8H,1-5H2;1H/t16-;12-;;;6-;/m00..0./s1. The van der Waals surface area contributed by atoms with E-state index in [1.807, 2.05) is 71.6 Å². The number of aliphatic hydroxyl groups is 2. The second-order valence-corrected chi connectivity index (χ2v) is 16.5. The number of carbonyl (C=O) groups excluding carboxylic acids is 5. The molecule has 0 aliphatic carbocycles. The summed E-state index contributed by atoms with van der Waals surface area (Å²) >= 11 is 5.16. The van der Waals surface area contributed by atoms with Gasteiger partial charge in [-0.3, -0.25) is 24.0 Å². The average molecular weight is 989 g/mol. The molecule has 0 bridgehead atoms. The van der Waals surface area contributed by atoms with Crippen LogP contribution in [0.15, 0.2) is 127 Å². The molecule has 8 rings (SSSR count). The molecule has 3 aliphatic rings. The number of phenolic OH excluding ortho intramolecular Hbond substituents is 3. The summed E-state index contributed by atoms with van der Waals surface area (Å²) in [6, 6.07) is 36.4. The van der Waals surface area contributed by atoms with Gasteiger partial charge in [-0.1, -0.05) is 85.3 Å². The zero-order valence-electron chi connectivity index (χ0n) is 38.5. The minimum absolute atomic E-state index is 0. The number of benzene rings is 5. The number of amides is 2. The van der Waals surface area contributed by atoms with E-state index in [1.54, 1.807) is 41.3 Å². The Hall–Kier alpha value is -6.29. The van der Waals surface area contributed by atoms with Gasteiger partial charge in [-0.2, -0.15) is 0 Å². The number of carbonyl (C=O) groups is 5. The summed E-state index contributed by atoms with van der Waals surface area (Å²) < 4.78 is 5.78. The van der Waals surface area contributed by atoms with Crippen molar-refractivity contribution in [2.45, 2.75) is 75.9 Å². The van der Waals surface area contributed by atoms with Crippen molar-refractivity contribution >= 4 is 53.6 Å². The maximum atomic E-state index is 12.8. The van der Waals surface area contributed by atoms with Crippen LogP contribution in [-0.4, -0.2) is 123 Å². The molecule has 6 N–H and O–H groups in total. The molecular formula is C53H63Cl2N3O11. The number of rotatable bonds is 10. The van der Waals surface area contributed by atoms with Gasteiger partial charge in [0.25, 0.3) is 17.1 Å². The summed E-state index contributed by atoms with van der Waals surface area (Å²) in [4.78, 5) is 60.3. The van der Waals surface area contributed by atoms with Crippen LogP contribution in [0.5, 0.6) is 23.0 Å². The fraction of sp³-hybridized carbons (Fsp3) is 0.340. The Morgan fingerprint density at radius 3 is 1.42 bits per heavy atom. The van der Waals surface area contributed by atoms with Crippen LogP contribution in [0.2, 0.25) is 0 Å². The molecule has 3 aliphatic heterocycles. The molecule has 69 heavy (non-hydrogen) atoms. The number of piperidine rings is 3. The molecule has 16 heteroatoms. The zero-order chi connectivity index (χ0) is 49.1. The maximum absolute atomic E-state index is 12.8. The summed E-state index contributed by atoms with van der Waals surface area (Å²) in [5.41, 5.74) is 1.99. The molecule has 5 aromatic carbocycles. The average Bonchev–Trinajstić information content (AvgIpc) is 3.39. The Morgan fingerprint density at radius 1 is 0.565 bits per heavy atom. The van der Waals surface area contributed by atoms with Crippen molar-refractivity contribution in [1.29, 1.82) is 0 Å². The van der Waals surface area contributed by atoms with Gasteiger partial charge in [-0.05, 0) is 118 Å². The van der Waals surface area contributed by atoms with Gasteiger partial charge < -0.3 is 45.4 Å². The minimum Gasteiger partial charge on any atom is -0.507 e. The van der Waals surface area contributed by atoms with E-state index in [2.05, 4.69) is 5.32 Å². The van der Waals surface area contributed by atoms with Crippen molar-refractivity contribution in [2.75, 3.05) is 39.5 Å². The van der Waals surface area contributed by atoms with Crippen LogP contribution in [0.25, 0.3) is 0 Å². The number of aromatic hydroxyl groups is 3. The van der Waals surface area contributed by atoms with Gasteiger partial charge >= 0.3 is 0 Å². The maximum Gasteiger partial charge on any atom is 0.254 e. The van der Waals surface area contributed by atoms with E-state index in [-0.39, 0.29) is 71.3 Å². The van der Waals surface area contributed by atoms with E-state index in [0.717, 1.165) is 58.0 Å². The van der Waals surface area contributed by atoms with Crippen LogP contribution in [0.1, 0.15) is 110 Å². The molecule has 3 saturated heterocycles. The SMILES string of the molecule is Cl.O=C(Cl)c1ccccc1.O=C(c1ccccc1)N1CCCC[C@H]1CO.O=Cc1c(O)cccc1O.O=Cc1c(O)cccc1OC[C@@H]1CCCCN1C(=O)c1ccccc1.OC[C@@H]1CCCCN1. The zero-order valence-corrected chi connectivity index (χ0v) is 40.1. The predicted molar refractivity (Wildman–Crippen MR) is 268 cm³/mol. The lowest BCUT2D eigenvalue weighted by Crippen LogP contribution is -2.46. The Labute approximate surface area is 414 Å². The van der Waals surface area contributed by atoms with Crippen LogP contribution < -0.4 is 10.1 Å². The Balaban J connectivity index is 0.000000246. The van der Waals surface area contributed by atoms with Gasteiger partial charge in [-0.15, -0.1) is 12.4 Å². The lowest BCUT2D eigenvalue weighted by Gasteiger charge is -2.35. The highest BCUT2D eigenvalue weighted by Gasteiger charge is 2.29. The lowest BCUT2D eigenvalue weighted by molar-refractivity contribution is 0.0502. The summed E-state index contributed by atoms with van der Waals surface area (Å²) in [6.45, 7) is 3.22. The highest BCUT2D eigenvalue weighted by atomic mass is 35.5. The fourth-order valence-corrected chi connectivity index (χ4v) is 7.79. The molecular weight excluding hydrogens is 925 g/mol. The summed E-state index contributed by atoms with van der Waals surface area (Å²) in [5, 5.41) is 48.2. The number of aliphatic hydroxyl groups excluding tert-OH is 2. The fourth-order valence-electron chi connectivity index (χ4n) is 7.67. The monoisotopic (exact) mass is 987 g/mol. The second kappa shape index (κ2) is 31.7. The third-order valence-corrected chi connectivity index (χ3v) is 11.7. The highest BCUT2D eigenvalue weighted by molar-refractivity contribution is 6.67. The van der Waals surface area contributed by atoms with E-state index in [9.17, 15) is 34.2 Å². The molecule has 370 valence electrons. The van der Waals surface area contributed by atoms with Gasteiger partial charge in [0.05, 0.1) is 36.4 Å². The van der Waals surface area contributed by atoms with Crippen molar-refractivity contribution in [2.24, 2.45) is 0 Å². The molecule has 0 aromatic heterocycles. The molecule has 3 fully saturated rings. The van der Waals surface area contributed by atoms with Crippen molar-refractivity contribution in [3.05, 3.63) is 155 Å². The number of nitrogens with zero attached hydrogens (tertiary/aromatic N) is 2. The number of ether oxygens (including phenoxy) is 1. The van der Waals surface area contributed by atoms with Gasteiger partial charge in [0.2, 0.25) is 0 Å². The largest absolute Gasteiger partial charge is 0.507 e. The van der Waals surface area contributed by atoms with E-state index >= 15 is 0 Å². The van der Waals surface area contributed by atoms with Gasteiger partial charge in [0.15, 0.2) is 12.6 Å². The van der Waals surface area contributed by atoms with Crippen LogP contribution in [-0.2, 0) is 0 Å². The van der Waals surface area contributed by atoms with E-state index < -0.39 is 5.24 Å². The predicted octanol–water partition coefficient (Wildman–Crippen LogP) is 8.47. The Morgan fingerprint density at radius 2 is 1.01 bits per heavy atom. The minimum atomic E-state index is -0.407. The molecule has 3 atom stereocenters. The van der Waals surface area contributed by atoms with Gasteiger partial charge in [0, 0.05) is 35.8 Å². The van der Waals surface area contributed by atoms with Gasteiger partial charge in [-0.25, -0.2) is 0 Å². The molecule has 3 heterocycles. The van der Waals surface area contributed by atoms with Crippen molar-refractivity contribution in [3.63, 3.8) is 0 Å². The molecule has 0 saturated carbocycles. The smallest absolute Gasteiger partial charge is 0.254 e. The summed E-state index contributed by atoms with van der Waals surface area (Å²) in [6.07, 6.45) is 10.6. The molecule has 14 nitrogen and oxygen atoms in total. The number of hydrogen-bond donors (Lipinski definition) is 6. The van der Waals surface area contributed by atoms with Crippen molar-refractivity contribution in [3.8, 4) is 23.0 Å². The van der Waals surface area contributed by atoms with E-state index in [1.165, 1.54) is 37.1 Å². The van der Waals surface area contributed by atoms with Crippen LogP contribution in [0.3, 0.4) is 0 Å². The third-order valence-electron chi connectivity index (χ3n) is 11.4. The van der Waals surface area contributed by atoms with Crippen LogP contribution in [0.4, 0.5) is 0 Å². The van der Waals surface area contributed by atoms with Crippen LogP contribution >= 0.6 is 24.0 Å². The number of likely N-dealkylation sites (tertiary alicyclic amines) is 2. The molecule has 0 spiro atoms. The first kappa shape index (κ1) is 57.0. The molecule has 0 radical (unpaired) electrons. The quantitative estimate of drug-likeness (QED) is 0.0574.